The van der Waals surface area contributed by atoms with Gasteiger partial charge in [0.05, 0.1) is 11.6 Å². The number of nitriles is 1. The van der Waals surface area contributed by atoms with Crippen molar-refractivity contribution in [3.8, 4) is 6.07 Å². The smallest absolute Gasteiger partial charge is 0.272 e. The Morgan fingerprint density at radius 3 is 2.61 bits per heavy atom. The lowest BCUT2D eigenvalue weighted by Gasteiger charge is -2.17. The third-order valence-corrected chi connectivity index (χ3v) is 4.10. The highest BCUT2D eigenvalue weighted by Gasteiger charge is 2.16. The van der Waals surface area contributed by atoms with Gasteiger partial charge in [0.2, 0.25) is 0 Å². The summed E-state index contributed by atoms with van der Waals surface area (Å²) >= 11 is 0. The van der Waals surface area contributed by atoms with Gasteiger partial charge in [-0.1, -0.05) is 36.4 Å². The van der Waals surface area contributed by atoms with E-state index in [0.29, 0.717) is 23.4 Å². The molecule has 0 radical (unpaired) electrons. The number of hydrogen-bond donors (Lipinski definition) is 1. The molecule has 138 valence electrons. The van der Waals surface area contributed by atoms with Crippen LogP contribution in [0.5, 0.6) is 0 Å². The van der Waals surface area contributed by atoms with Crippen LogP contribution in [0, 0.1) is 11.3 Å². The number of hydrogen-bond acceptors (Lipinski definition) is 4. The number of aromatic nitrogens is 1. The first kappa shape index (κ1) is 18.8. The normalized spacial score (nSPS) is 10.0. The van der Waals surface area contributed by atoms with Crippen LogP contribution in [-0.4, -0.2) is 28.7 Å². The maximum absolute atomic E-state index is 12.7. The van der Waals surface area contributed by atoms with Crippen molar-refractivity contribution in [2.75, 3.05) is 12.4 Å². The van der Waals surface area contributed by atoms with E-state index in [1.807, 2.05) is 36.4 Å². The van der Waals surface area contributed by atoms with Gasteiger partial charge in [0.25, 0.3) is 11.8 Å². The summed E-state index contributed by atoms with van der Waals surface area (Å²) in [4.78, 5) is 30.8. The van der Waals surface area contributed by atoms with Gasteiger partial charge in [-0.2, -0.15) is 5.26 Å². The number of carbonyl (C=O) groups is 2. The summed E-state index contributed by atoms with van der Waals surface area (Å²) in [6, 6.07) is 21.3. The van der Waals surface area contributed by atoms with Gasteiger partial charge in [0.15, 0.2) is 0 Å². The Balaban J connectivity index is 1.73. The van der Waals surface area contributed by atoms with Crippen molar-refractivity contribution in [3.63, 3.8) is 0 Å². The van der Waals surface area contributed by atoms with Crippen LogP contribution >= 0.6 is 0 Å². The molecule has 2 amide bonds. The van der Waals surface area contributed by atoms with Crippen molar-refractivity contribution in [3.05, 3.63) is 95.3 Å². The standard InChI is InChI=1S/C22H18N4O2/c1-26(15-16-6-3-2-4-7-16)22(28)20-13-18(10-11-24-20)21(27)25-19-9-5-8-17(12-19)14-23/h2-13H,15H2,1H3,(H,25,27). The Morgan fingerprint density at radius 1 is 1.07 bits per heavy atom. The second-order valence-corrected chi connectivity index (χ2v) is 6.22. The lowest BCUT2D eigenvalue weighted by Crippen LogP contribution is -2.27. The van der Waals surface area contributed by atoms with E-state index in [0.717, 1.165) is 5.56 Å². The fourth-order valence-corrected chi connectivity index (χ4v) is 2.68. The summed E-state index contributed by atoms with van der Waals surface area (Å²) in [7, 11) is 1.69. The van der Waals surface area contributed by atoms with Gasteiger partial charge in [-0.3, -0.25) is 14.6 Å². The number of nitrogens with zero attached hydrogens (tertiary/aromatic N) is 3. The van der Waals surface area contributed by atoms with E-state index in [4.69, 9.17) is 5.26 Å². The first-order valence-corrected chi connectivity index (χ1v) is 8.64. The van der Waals surface area contributed by atoms with Crippen LogP contribution in [-0.2, 0) is 6.54 Å². The monoisotopic (exact) mass is 370 g/mol. The van der Waals surface area contributed by atoms with Crippen LogP contribution in [0.4, 0.5) is 5.69 Å². The lowest BCUT2D eigenvalue weighted by molar-refractivity contribution is 0.0779. The molecule has 1 heterocycles. The Bertz CT molecular complexity index is 1040. The van der Waals surface area contributed by atoms with E-state index < -0.39 is 0 Å². The number of amides is 2. The zero-order valence-electron chi connectivity index (χ0n) is 15.3. The number of rotatable bonds is 5. The highest BCUT2D eigenvalue weighted by atomic mass is 16.2. The van der Waals surface area contributed by atoms with Crippen molar-refractivity contribution in [2.45, 2.75) is 6.54 Å². The molecule has 0 saturated carbocycles. The van der Waals surface area contributed by atoms with Crippen molar-refractivity contribution >= 4 is 17.5 Å². The molecule has 0 saturated heterocycles. The number of anilines is 1. The highest BCUT2D eigenvalue weighted by Crippen LogP contribution is 2.13. The molecule has 0 aliphatic rings. The average Bonchev–Trinajstić information content (AvgIpc) is 2.74. The predicted octanol–water partition coefficient (Wildman–Crippen LogP) is 3.48. The quantitative estimate of drug-likeness (QED) is 0.745. The third-order valence-electron chi connectivity index (χ3n) is 4.10. The van der Waals surface area contributed by atoms with E-state index in [2.05, 4.69) is 10.3 Å². The summed E-state index contributed by atoms with van der Waals surface area (Å²) in [5, 5.41) is 11.7. The molecule has 1 N–H and O–H groups in total. The molecule has 0 bridgehead atoms. The molecule has 6 heteroatoms. The maximum atomic E-state index is 12.7. The topological polar surface area (TPSA) is 86.1 Å². The van der Waals surface area contributed by atoms with Gasteiger partial charge in [-0.25, -0.2) is 0 Å². The van der Waals surface area contributed by atoms with Crippen molar-refractivity contribution in [1.82, 2.24) is 9.88 Å². The van der Waals surface area contributed by atoms with Gasteiger partial charge in [0.1, 0.15) is 5.69 Å². The molecule has 0 aliphatic heterocycles. The Morgan fingerprint density at radius 2 is 1.86 bits per heavy atom. The molecular formula is C22H18N4O2. The lowest BCUT2D eigenvalue weighted by atomic mass is 10.1. The van der Waals surface area contributed by atoms with Crippen LogP contribution in [0.1, 0.15) is 32.0 Å². The van der Waals surface area contributed by atoms with Crippen LogP contribution in [0.15, 0.2) is 72.9 Å². The molecule has 1 aromatic heterocycles. The second kappa shape index (κ2) is 8.60. The third kappa shape index (κ3) is 4.59. The van der Waals surface area contributed by atoms with E-state index in [-0.39, 0.29) is 17.5 Å². The predicted molar refractivity (Wildman–Crippen MR) is 106 cm³/mol. The molecule has 6 nitrogen and oxygen atoms in total. The fraction of sp³-hybridized carbons (Fsp3) is 0.0909. The highest BCUT2D eigenvalue weighted by molar-refractivity contribution is 6.05. The Labute approximate surface area is 163 Å². The molecule has 2 aromatic carbocycles. The van der Waals surface area contributed by atoms with Gasteiger partial charge < -0.3 is 10.2 Å². The zero-order chi connectivity index (χ0) is 19.9. The van der Waals surface area contributed by atoms with E-state index in [1.54, 1.807) is 36.2 Å². The summed E-state index contributed by atoms with van der Waals surface area (Å²) in [5.41, 5.74) is 2.47. The first-order chi connectivity index (χ1) is 13.6. The van der Waals surface area contributed by atoms with E-state index in [9.17, 15) is 9.59 Å². The van der Waals surface area contributed by atoms with Gasteiger partial charge >= 0.3 is 0 Å². The van der Waals surface area contributed by atoms with Crippen LogP contribution in [0.25, 0.3) is 0 Å². The van der Waals surface area contributed by atoms with Crippen molar-refractivity contribution in [1.29, 1.82) is 5.26 Å². The van der Waals surface area contributed by atoms with E-state index >= 15 is 0 Å². The average molecular weight is 370 g/mol. The van der Waals surface area contributed by atoms with Gasteiger partial charge in [-0.05, 0) is 35.9 Å². The zero-order valence-corrected chi connectivity index (χ0v) is 15.3. The van der Waals surface area contributed by atoms with E-state index in [1.165, 1.54) is 18.3 Å². The molecular weight excluding hydrogens is 352 g/mol. The number of benzene rings is 2. The maximum Gasteiger partial charge on any atom is 0.272 e. The number of carbonyl (C=O) groups excluding carboxylic acids is 2. The minimum atomic E-state index is -0.378. The summed E-state index contributed by atoms with van der Waals surface area (Å²) in [6.07, 6.45) is 1.43. The SMILES string of the molecule is CN(Cc1ccccc1)C(=O)c1cc(C(=O)Nc2cccc(C#N)c2)ccn1. The molecule has 3 rings (SSSR count). The molecule has 0 spiro atoms. The number of pyridine rings is 1. The fourth-order valence-electron chi connectivity index (χ4n) is 2.68. The molecule has 3 aromatic rings. The minimum Gasteiger partial charge on any atom is -0.336 e. The largest absolute Gasteiger partial charge is 0.336 e. The Hall–Kier alpha value is -3.98. The number of nitrogens with one attached hydrogen (secondary N) is 1. The molecule has 0 fully saturated rings. The minimum absolute atomic E-state index is 0.192. The van der Waals surface area contributed by atoms with Gasteiger partial charge in [0, 0.05) is 31.0 Å². The van der Waals surface area contributed by atoms with Crippen LogP contribution in [0.2, 0.25) is 0 Å². The summed E-state index contributed by atoms with van der Waals surface area (Å²) < 4.78 is 0. The van der Waals surface area contributed by atoms with Gasteiger partial charge in [-0.15, -0.1) is 0 Å². The molecule has 28 heavy (non-hydrogen) atoms. The first-order valence-electron chi connectivity index (χ1n) is 8.64. The van der Waals surface area contributed by atoms with Crippen LogP contribution < -0.4 is 5.32 Å². The molecule has 0 unspecified atom stereocenters. The van der Waals surface area contributed by atoms with Crippen molar-refractivity contribution < 1.29 is 9.59 Å². The summed E-state index contributed by atoms with van der Waals surface area (Å²) in [5.74, 6) is -0.651. The Kier molecular flexibility index (Phi) is 5.78. The summed E-state index contributed by atoms with van der Waals surface area (Å²) in [6.45, 7) is 0.443. The molecule has 0 atom stereocenters. The second-order valence-electron chi connectivity index (χ2n) is 6.22. The molecule has 0 aliphatic carbocycles. The van der Waals surface area contributed by atoms with Crippen molar-refractivity contribution in [2.24, 2.45) is 0 Å². The van der Waals surface area contributed by atoms with Crippen LogP contribution in [0.3, 0.4) is 0 Å².